The summed E-state index contributed by atoms with van der Waals surface area (Å²) in [7, 11) is 3.63. The molecular weight excluding hydrogens is 401 g/mol. The summed E-state index contributed by atoms with van der Waals surface area (Å²) in [6.45, 7) is 1.23. The summed E-state index contributed by atoms with van der Waals surface area (Å²) < 4.78 is 20.4. The first kappa shape index (κ1) is 21.8. The van der Waals surface area contributed by atoms with E-state index in [0.717, 1.165) is 19.4 Å². The van der Waals surface area contributed by atoms with Crippen LogP contribution in [0.3, 0.4) is 0 Å². The summed E-state index contributed by atoms with van der Waals surface area (Å²) >= 11 is 0. The fourth-order valence-corrected chi connectivity index (χ4v) is 3.54. The molecule has 2 N–H and O–H groups in total. The molecule has 0 spiro atoms. The maximum atomic E-state index is 14.4. The molecule has 1 saturated heterocycles. The molecule has 1 aliphatic heterocycles. The summed E-state index contributed by atoms with van der Waals surface area (Å²) in [5, 5.41) is 8.96. The van der Waals surface area contributed by atoms with Gasteiger partial charge in [0.25, 0.3) is 0 Å². The Balaban J connectivity index is 1.83. The van der Waals surface area contributed by atoms with Crippen LogP contribution >= 0.6 is 0 Å². The summed E-state index contributed by atoms with van der Waals surface area (Å²) in [5.41, 5.74) is 6.19. The van der Waals surface area contributed by atoms with Gasteiger partial charge in [-0.05, 0) is 31.0 Å². The Morgan fingerprint density at radius 3 is 2.84 bits per heavy atom. The van der Waals surface area contributed by atoms with Crippen molar-refractivity contribution in [3.63, 3.8) is 0 Å². The van der Waals surface area contributed by atoms with E-state index in [2.05, 4.69) is 9.98 Å². The third-order valence-corrected chi connectivity index (χ3v) is 4.75. The SMILES string of the molecule is CN(C)C(=NC#N)N1CCC[C@H](Oc2cc(F)cc(N(C(N)=O)c3cccnc3)c2)C1. The zero-order valence-electron chi connectivity index (χ0n) is 17.4. The number of ether oxygens (including phenoxy) is 1. The van der Waals surface area contributed by atoms with Crippen molar-refractivity contribution in [2.75, 3.05) is 32.1 Å². The number of nitrogens with two attached hydrogens (primary N) is 1. The van der Waals surface area contributed by atoms with Gasteiger partial charge in [-0.2, -0.15) is 5.26 Å². The van der Waals surface area contributed by atoms with E-state index in [4.69, 9.17) is 15.7 Å². The minimum Gasteiger partial charge on any atom is -0.488 e. The van der Waals surface area contributed by atoms with Crippen LogP contribution in [0.4, 0.5) is 20.6 Å². The second-order valence-electron chi connectivity index (χ2n) is 7.26. The largest absolute Gasteiger partial charge is 0.488 e. The van der Waals surface area contributed by atoms with Gasteiger partial charge in [0.15, 0.2) is 0 Å². The van der Waals surface area contributed by atoms with Gasteiger partial charge in [0.1, 0.15) is 17.7 Å². The molecule has 0 saturated carbocycles. The number of urea groups is 1. The van der Waals surface area contributed by atoms with E-state index >= 15 is 0 Å². The lowest BCUT2D eigenvalue weighted by atomic mass is 10.1. The van der Waals surface area contributed by atoms with Gasteiger partial charge in [-0.3, -0.25) is 9.88 Å². The van der Waals surface area contributed by atoms with Crippen molar-refractivity contribution in [2.45, 2.75) is 18.9 Å². The number of likely N-dealkylation sites (tertiary alicyclic amines) is 1. The van der Waals surface area contributed by atoms with E-state index in [-0.39, 0.29) is 17.5 Å². The standard InChI is InChI=1S/C21H24FN7O2/c1-27(2)21(26-14-23)28-8-4-6-18(13-28)31-19-10-15(22)9-17(11-19)29(20(24)30)16-5-3-7-25-12-16/h3,5,7,9-12,18H,4,6,8,13H2,1-2H3,(H2,24,30)/t18-/m0/s1. The topological polar surface area (TPSA) is 111 Å². The Morgan fingerprint density at radius 2 is 2.19 bits per heavy atom. The zero-order chi connectivity index (χ0) is 22.4. The molecule has 1 aromatic heterocycles. The van der Waals surface area contributed by atoms with Crippen molar-refractivity contribution in [1.29, 1.82) is 5.26 Å². The first-order valence-corrected chi connectivity index (χ1v) is 9.75. The van der Waals surface area contributed by atoms with Crippen LogP contribution in [0.1, 0.15) is 12.8 Å². The van der Waals surface area contributed by atoms with Crippen molar-refractivity contribution in [3.8, 4) is 11.9 Å². The number of halogens is 1. The molecule has 0 aliphatic carbocycles. The number of aliphatic imine (C=N–C) groups is 1. The third-order valence-electron chi connectivity index (χ3n) is 4.75. The second kappa shape index (κ2) is 9.75. The van der Waals surface area contributed by atoms with Gasteiger partial charge >= 0.3 is 6.03 Å². The average molecular weight is 425 g/mol. The van der Waals surface area contributed by atoms with Crippen molar-refractivity contribution < 1.29 is 13.9 Å². The quantitative estimate of drug-likeness (QED) is 0.458. The van der Waals surface area contributed by atoms with Crippen LogP contribution in [0.25, 0.3) is 0 Å². The highest BCUT2D eigenvalue weighted by atomic mass is 19.1. The number of hydrogen-bond acceptors (Lipinski definition) is 5. The smallest absolute Gasteiger partial charge is 0.323 e. The van der Waals surface area contributed by atoms with Crippen molar-refractivity contribution in [2.24, 2.45) is 10.7 Å². The Kier molecular flexibility index (Phi) is 6.87. The normalized spacial score (nSPS) is 16.4. The molecule has 31 heavy (non-hydrogen) atoms. The minimum atomic E-state index is -0.767. The maximum Gasteiger partial charge on any atom is 0.323 e. The number of nitrogens with zero attached hydrogens (tertiary/aromatic N) is 6. The van der Waals surface area contributed by atoms with Gasteiger partial charge in [-0.15, -0.1) is 4.99 Å². The van der Waals surface area contributed by atoms with Crippen LogP contribution in [0.15, 0.2) is 47.7 Å². The lowest BCUT2D eigenvalue weighted by Crippen LogP contribution is -2.49. The summed E-state index contributed by atoms with van der Waals surface area (Å²) in [4.78, 5) is 24.8. The molecule has 0 bridgehead atoms. The number of aromatic nitrogens is 1. The van der Waals surface area contributed by atoms with Crippen molar-refractivity contribution in [1.82, 2.24) is 14.8 Å². The Bertz CT molecular complexity index is 991. The van der Waals surface area contributed by atoms with Crippen LogP contribution in [0, 0.1) is 17.3 Å². The first-order chi connectivity index (χ1) is 14.9. The third kappa shape index (κ3) is 5.39. The van der Waals surface area contributed by atoms with Gasteiger partial charge in [0, 0.05) is 39.0 Å². The predicted molar refractivity (Wildman–Crippen MR) is 114 cm³/mol. The molecule has 0 unspecified atom stereocenters. The van der Waals surface area contributed by atoms with Gasteiger partial charge in [-0.25, -0.2) is 9.18 Å². The number of anilines is 2. The van der Waals surface area contributed by atoms with E-state index in [1.54, 1.807) is 29.3 Å². The number of piperidine rings is 1. The average Bonchev–Trinajstić information content (AvgIpc) is 2.72. The zero-order valence-corrected chi connectivity index (χ0v) is 17.4. The number of carbonyl (C=O) groups excluding carboxylic acids is 1. The molecule has 0 radical (unpaired) electrons. The van der Waals surface area contributed by atoms with Crippen LogP contribution in [0.2, 0.25) is 0 Å². The number of rotatable bonds is 4. The molecule has 2 aromatic rings. The van der Waals surface area contributed by atoms with Gasteiger partial charge in [0.2, 0.25) is 12.2 Å². The molecule has 162 valence electrons. The number of amides is 2. The van der Waals surface area contributed by atoms with E-state index in [9.17, 15) is 9.18 Å². The second-order valence-corrected chi connectivity index (χ2v) is 7.26. The first-order valence-electron chi connectivity index (χ1n) is 9.75. The molecule has 1 aliphatic rings. The molecule has 3 rings (SSSR count). The lowest BCUT2D eigenvalue weighted by molar-refractivity contribution is 0.119. The molecule has 10 heteroatoms. The van der Waals surface area contributed by atoms with Gasteiger partial charge in [0.05, 0.1) is 24.1 Å². The molecular formula is C21H24FN7O2. The van der Waals surface area contributed by atoms with E-state index < -0.39 is 11.8 Å². The fraction of sp³-hybridized carbons (Fsp3) is 0.333. The number of nitriles is 1. The van der Waals surface area contributed by atoms with E-state index in [1.807, 2.05) is 25.2 Å². The molecule has 1 aromatic carbocycles. The summed E-state index contributed by atoms with van der Waals surface area (Å²) in [6.07, 6.45) is 6.20. The Hall–Kier alpha value is -3.87. The van der Waals surface area contributed by atoms with E-state index in [0.29, 0.717) is 18.2 Å². The van der Waals surface area contributed by atoms with Crippen molar-refractivity contribution in [3.05, 3.63) is 48.5 Å². The molecule has 9 nitrogen and oxygen atoms in total. The Morgan fingerprint density at radius 1 is 1.39 bits per heavy atom. The number of guanidine groups is 1. The summed E-state index contributed by atoms with van der Waals surface area (Å²) in [5.74, 6) is 0.267. The monoisotopic (exact) mass is 425 g/mol. The van der Waals surface area contributed by atoms with Crippen molar-refractivity contribution >= 4 is 23.4 Å². The number of hydrogen-bond donors (Lipinski definition) is 1. The number of pyridine rings is 1. The van der Waals surface area contributed by atoms with Gasteiger partial charge in [-0.1, -0.05) is 0 Å². The summed E-state index contributed by atoms with van der Waals surface area (Å²) in [6, 6.07) is 6.58. The highest BCUT2D eigenvalue weighted by Gasteiger charge is 2.26. The van der Waals surface area contributed by atoms with E-state index in [1.165, 1.54) is 23.2 Å². The van der Waals surface area contributed by atoms with Gasteiger partial charge < -0.3 is 20.3 Å². The molecule has 1 atom stereocenters. The number of benzene rings is 1. The maximum absolute atomic E-state index is 14.4. The van der Waals surface area contributed by atoms with Crippen LogP contribution < -0.4 is 15.4 Å². The molecule has 2 amide bonds. The van der Waals surface area contributed by atoms with Crippen LogP contribution in [0.5, 0.6) is 5.75 Å². The van der Waals surface area contributed by atoms with Crippen LogP contribution in [-0.4, -0.2) is 60.1 Å². The highest BCUT2D eigenvalue weighted by molar-refractivity contribution is 5.98. The fourth-order valence-electron chi connectivity index (χ4n) is 3.54. The number of carbonyl (C=O) groups is 1. The minimum absolute atomic E-state index is 0.239. The Labute approximate surface area is 180 Å². The molecule has 2 heterocycles. The lowest BCUT2D eigenvalue weighted by Gasteiger charge is -2.36. The predicted octanol–water partition coefficient (Wildman–Crippen LogP) is 2.68. The molecule has 1 fully saturated rings. The number of primary amides is 1. The highest BCUT2D eigenvalue weighted by Crippen LogP contribution is 2.30. The van der Waals surface area contributed by atoms with Crippen LogP contribution in [-0.2, 0) is 0 Å².